The zero-order chi connectivity index (χ0) is 30.9. The largest absolute Gasteiger partial charge is 0.465 e. The Hall–Kier alpha value is -5.37. The third kappa shape index (κ3) is 6.43. The molecule has 0 aliphatic carbocycles. The Bertz CT molecular complexity index is 1930. The van der Waals surface area contributed by atoms with E-state index in [1.807, 2.05) is 63.6 Å². The average molecular weight is 577 g/mol. The number of aromatic nitrogens is 6. The molecular formula is C32H32N8O3. The lowest BCUT2D eigenvalue weighted by molar-refractivity contribution is -0.120. The number of hydrogen-bond acceptors (Lipinski definition) is 7. The summed E-state index contributed by atoms with van der Waals surface area (Å²) < 4.78 is 1.82. The zero-order valence-corrected chi connectivity index (χ0v) is 24.9. The molecule has 11 nitrogen and oxygen atoms in total. The first-order valence-corrected chi connectivity index (χ1v) is 13.7. The van der Waals surface area contributed by atoms with Crippen molar-refractivity contribution in [1.29, 1.82) is 0 Å². The number of fused-ring (bicyclic) bond motifs is 2. The lowest BCUT2D eigenvalue weighted by Gasteiger charge is -2.31. The van der Waals surface area contributed by atoms with Gasteiger partial charge in [-0.1, -0.05) is 32.8 Å². The Morgan fingerprint density at radius 1 is 1.07 bits per heavy atom. The number of rotatable bonds is 5. The summed E-state index contributed by atoms with van der Waals surface area (Å²) in [6.07, 6.45) is 3.68. The van der Waals surface area contributed by atoms with Gasteiger partial charge in [-0.2, -0.15) is 0 Å². The standard InChI is InChI=1S/C32H32N8O3/c1-19-25-10-8-21(13-22(25)11-12-33-19)7-9-24-14-23(27-28-29(35-17-34-27)36-18-39(28)6)15-26(37-24)38-30(41)20(2)40(31(42)43)16-32(3,4)5/h8,10-15,17-18,20H,16H2,1-6H3,(H,42,43)(H,37,38,41). The van der Waals surface area contributed by atoms with Gasteiger partial charge in [-0.3, -0.25) is 14.7 Å². The van der Waals surface area contributed by atoms with E-state index in [1.165, 1.54) is 6.33 Å². The molecule has 0 saturated heterocycles. The van der Waals surface area contributed by atoms with E-state index in [1.54, 1.807) is 31.6 Å². The molecule has 43 heavy (non-hydrogen) atoms. The van der Waals surface area contributed by atoms with Crippen molar-refractivity contribution in [2.45, 2.75) is 40.7 Å². The molecule has 11 heteroatoms. The van der Waals surface area contributed by atoms with Crippen LogP contribution in [-0.4, -0.2) is 64.1 Å². The second-order valence-electron chi connectivity index (χ2n) is 11.6. The van der Waals surface area contributed by atoms with Crippen LogP contribution in [0.2, 0.25) is 0 Å². The van der Waals surface area contributed by atoms with Crippen LogP contribution in [0.4, 0.5) is 10.6 Å². The lowest BCUT2D eigenvalue weighted by Crippen LogP contribution is -2.48. The molecule has 5 rings (SSSR count). The molecule has 0 spiro atoms. The highest BCUT2D eigenvalue weighted by Gasteiger charge is 2.30. The van der Waals surface area contributed by atoms with Gasteiger partial charge < -0.3 is 15.0 Å². The number of aryl methyl sites for hydroxylation is 2. The van der Waals surface area contributed by atoms with E-state index in [9.17, 15) is 14.7 Å². The molecule has 5 aromatic rings. The number of carbonyl (C=O) groups is 2. The van der Waals surface area contributed by atoms with Crippen LogP contribution >= 0.6 is 0 Å². The zero-order valence-electron chi connectivity index (χ0n) is 24.9. The van der Waals surface area contributed by atoms with E-state index in [4.69, 9.17) is 0 Å². The molecule has 218 valence electrons. The van der Waals surface area contributed by atoms with E-state index in [-0.39, 0.29) is 17.8 Å². The quantitative estimate of drug-likeness (QED) is 0.278. The fourth-order valence-corrected chi connectivity index (χ4v) is 4.79. The second kappa shape index (κ2) is 11.5. The number of carbonyl (C=O) groups excluding carboxylic acids is 1. The van der Waals surface area contributed by atoms with Gasteiger partial charge in [-0.05, 0) is 60.9 Å². The number of carboxylic acid groups (broad SMARTS) is 1. The van der Waals surface area contributed by atoms with Crippen LogP contribution in [0.1, 0.15) is 44.6 Å². The Morgan fingerprint density at radius 2 is 1.86 bits per heavy atom. The molecule has 0 saturated carbocycles. The minimum absolute atomic E-state index is 0.182. The first-order chi connectivity index (χ1) is 20.4. The van der Waals surface area contributed by atoms with Crippen molar-refractivity contribution < 1.29 is 14.7 Å². The van der Waals surface area contributed by atoms with Gasteiger partial charge in [0.1, 0.15) is 29.4 Å². The number of imidazole rings is 1. The highest BCUT2D eigenvalue weighted by molar-refractivity contribution is 5.96. The first-order valence-electron chi connectivity index (χ1n) is 13.7. The van der Waals surface area contributed by atoms with Gasteiger partial charge >= 0.3 is 6.09 Å². The molecular weight excluding hydrogens is 544 g/mol. The number of benzene rings is 1. The van der Waals surface area contributed by atoms with E-state index >= 15 is 0 Å². The van der Waals surface area contributed by atoms with Crippen molar-refractivity contribution in [3.63, 3.8) is 0 Å². The van der Waals surface area contributed by atoms with Crippen molar-refractivity contribution >= 4 is 39.8 Å². The molecule has 1 aromatic carbocycles. The number of amides is 2. The van der Waals surface area contributed by atoms with Crippen LogP contribution in [0.25, 0.3) is 33.2 Å². The van der Waals surface area contributed by atoms with Crippen molar-refractivity contribution in [1.82, 2.24) is 34.4 Å². The predicted octanol–water partition coefficient (Wildman–Crippen LogP) is 5.03. The first kappa shape index (κ1) is 29.1. The Kier molecular flexibility index (Phi) is 7.78. The summed E-state index contributed by atoms with van der Waals surface area (Å²) in [6.45, 7) is 9.45. The third-order valence-electron chi connectivity index (χ3n) is 6.89. The summed E-state index contributed by atoms with van der Waals surface area (Å²) in [7, 11) is 1.85. The van der Waals surface area contributed by atoms with Gasteiger partial charge in [-0.15, -0.1) is 0 Å². The fraction of sp³-hybridized carbons (Fsp3) is 0.281. The SMILES string of the molecule is Cc1nccc2cc(C#Cc3cc(-c4ncnc5ncn(C)c45)cc(NC(=O)C(C)N(CC(C)(C)C)C(=O)O)n3)ccc12. The number of nitrogens with zero attached hydrogens (tertiary/aromatic N) is 7. The summed E-state index contributed by atoms with van der Waals surface area (Å²) in [5.74, 6) is 6.00. The maximum atomic E-state index is 13.3. The third-order valence-corrected chi connectivity index (χ3v) is 6.89. The van der Waals surface area contributed by atoms with Crippen molar-refractivity contribution in [2.75, 3.05) is 11.9 Å². The number of pyridine rings is 2. The molecule has 1 atom stereocenters. The molecule has 2 N–H and O–H groups in total. The molecule has 2 amide bonds. The van der Waals surface area contributed by atoms with Crippen LogP contribution in [0, 0.1) is 24.2 Å². The number of hydrogen-bond donors (Lipinski definition) is 2. The summed E-state index contributed by atoms with van der Waals surface area (Å²) in [6, 6.07) is 10.4. The van der Waals surface area contributed by atoms with Crippen molar-refractivity contribution in [3.8, 4) is 23.1 Å². The molecule has 0 fully saturated rings. The van der Waals surface area contributed by atoms with Gasteiger partial charge in [0, 0.05) is 42.0 Å². The molecule has 0 aliphatic heterocycles. The maximum absolute atomic E-state index is 13.3. The smallest absolute Gasteiger partial charge is 0.407 e. The van der Waals surface area contributed by atoms with Crippen LogP contribution < -0.4 is 5.32 Å². The average Bonchev–Trinajstić information content (AvgIpc) is 3.34. The van der Waals surface area contributed by atoms with Gasteiger partial charge in [0.2, 0.25) is 5.91 Å². The highest BCUT2D eigenvalue weighted by atomic mass is 16.4. The molecule has 1 unspecified atom stereocenters. The van der Waals surface area contributed by atoms with E-state index in [0.29, 0.717) is 28.1 Å². The van der Waals surface area contributed by atoms with E-state index < -0.39 is 18.0 Å². The Balaban J connectivity index is 1.55. The van der Waals surface area contributed by atoms with Gasteiger partial charge in [0.25, 0.3) is 0 Å². The Morgan fingerprint density at radius 3 is 2.60 bits per heavy atom. The molecule has 4 aromatic heterocycles. The normalized spacial score (nSPS) is 12.0. The van der Waals surface area contributed by atoms with Gasteiger partial charge in [0.15, 0.2) is 5.65 Å². The summed E-state index contributed by atoms with van der Waals surface area (Å²) >= 11 is 0. The molecule has 4 heterocycles. The number of nitrogens with one attached hydrogen (secondary N) is 1. The molecule has 0 radical (unpaired) electrons. The van der Waals surface area contributed by atoms with Crippen LogP contribution in [-0.2, 0) is 11.8 Å². The molecule has 0 bridgehead atoms. The van der Waals surface area contributed by atoms with E-state index in [0.717, 1.165) is 26.9 Å². The second-order valence-corrected chi connectivity index (χ2v) is 11.6. The maximum Gasteiger partial charge on any atom is 0.407 e. The molecule has 0 aliphatic rings. The summed E-state index contributed by atoms with van der Waals surface area (Å²) in [5, 5.41) is 14.7. The van der Waals surface area contributed by atoms with Gasteiger partial charge in [-0.25, -0.2) is 24.7 Å². The fourth-order valence-electron chi connectivity index (χ4n) is 4.79. The van der Waals surface area contributed by atoms with Crippen LogP contribution in [0.5, 0.6) is 0 Å². The minimum atomic E-state index is -1.17. The van der Waals surface area contributed by atoms with Crippen molar-refractivity contribution in [3.05, 3.63) is 72.2 Å². The lowest BCUT2D eigenvalue weighted by atomic mass is 9.95. The predicted molar refractivity (Wildman–Crippen MR) is 164 cm³/mol. The Labute approximate surface area is 249 Å². The monoisotopic (exact) mass is 576 g/mol. The topological polar surface area (TPSA) is 139 Å². The van der Waals surface area contributed by atoms with Crippen LogP contribution in [0.3, 0.4) is 0 Å². The van der Waals surface area contributed by atoms with Gasteiger partial charge in [0.05, 0.1) is 12.0 Å². The minimum Gasteiger partial charge on any atom is -0.465 e. The summed E-state index contributed by atoms with van der Waals surface area (Å²) in [4.78, 5) is 48.5. The number of anilines is 1. The highest BCUT2D eigenvalue weighted by Crippen LogP contribution is 2.27. The summed E-state index contributed by atoms with van der Waals surface area (Å²) in [5.41, 5.74) is 4.25. The van der Waals surface area contributed by atoms with E-state index in [2.05, 4.69) is 42.1 Å². The van der Waals surface area contributed by atoms with Crippen LogP contribution in [0.15, 0.2) is 55.2 Å². The van der Waals surface area contributed by atoms with Crippen molar-refractivity contribution in [2.24, 2.45) is 12.5 Å².